The van der Waals surface area contributed by atoms with Crippen LogP contribution in [0.5, 0.6) is 0 Å². The van der Waals surface area contributed by atoms with Gasteiger partial charge in [-0.25, -0.2) is 0 Å². The number of nitro groups is 1. The molecule has 1 aliphatic heterocycles. The molecule has 1 heterocycles. The summed E-state index contributed by atoms with van der Waals surface area (Å²) in [4.78, 5) is 39.0. The first-order valence-corrected chi connectivity index (χ1v) is 11.9. The molecule has 0 aromatic heterocycles. The highest BCUT2D eigenvalue weighted by Gasteiger charge is 2.35. The highest BCUT2D eigenvalue weighted by Crippen LogP contribution is 2.38. The molecule has 0 N–H and O–H groups in total. The van der Waals surface area contributed by atoms with Crippen molar-refractivity contribution in [1.29, 1.82) is 0 Å². The third-order valence-electron chi connectivity index (χ3n) is 4.65. The van der Waals surface area contributed by atoms with Crippen molar-refractivity contribution in [2.24, 2.45) is 0 Å². The zero-order valence-electron chi connectivity index (χ0n) is 16.7. The number of thioether (sulfide) groups is 1. The molecule has 6 nitrogen and oxygen atoms in total. The Morgan fingerprint density at radius 2 is 1.61 bits per heavy atom. The molecule has 33 heavy (non-hydrogen) atoms. The molecule has 4 rings (SSSR count). The van der Waals surface area contributed by atoms with E-state index in [4.69, 9.17) is 23.2 Å². The minimum Gasteiger partial charge on any atom is -0.268 e. The number of benzene rings is 3. The first-order valence-electron chi connectivity index (χ1n) is 9.52. The molecule has 1 saturated heterocycles. The zero-order chi connectivity index (χ0) is 23.5. The predicted molar refractivity (Wildman–Crippen MR) is 132 cm³/mol. The molecule has 3 aromatic carbocycles. The standard InChI is InChI=1S/C23H14Cl2N2O4S2/c24-16-4-1-14(2-5-16)13-26-22(28)21(33-23(26)29)12-15-3-10-20(19(11-15)27(30)31)32-18-8-6-17(25)7-9-18/h1-12H,13H2. The Labute approximate surface area is 207 Å². The topological polar surface area (TPSA) is 80.5 Å². The number of halogens is 2. The summed E-state index contributed by atoms with van der Waals surface area (Å²) in [5, 5.41) is 12.4. The molecule has 2 amide bonds. The van der Waals surface area contributed by atoms with Gasteiger partial charge in [-0.2, -0.15) is 0 Å². The maximum atomic E-state index is 12.8. The number of nitro benzene ring substituents is 1. The van der Waals surface area contributed by atoms with Crippen molar-refractivity contribution in [2.45, 2.75) is 16.3 Å². The predicted octanol–water partition coefficient (Wildman–Crippen LogP) is 7.29. The van der Waals surface area contributed by atoms with Crippen molar-refractivity contribution in [3.63, 3.8) is 0 Å². The smallest absolute Gasteiger partial charge is 0.268 e. The number of hydrogen-bond donors (Lipinski definition) is 0. The Balaban J connectivity index is 1.56. The molecule has 1 fully saturated rings. The lowest BCUT2D eigenvalue weighted by atomic mass is 10.1. The van der Waals surface area contributed by atoms with E-state index in [1.54, 1.807) is 60.7 Å². The Kier molecular flexibility index (Phi) is 7.09. The third-order valence-corrected chi connectivity index (χ3v) is 7.13. The minimum atomic E-state index is -0.470. The lowest BCUT2D eigenvalue weighted by molar-refractivity contribution is -0.387. The van der Waals surface area contributed by atoms with Gasteiger partial charge in [-0.3, -0.25) is 24.6 Å². The summed E-state index contributed by atoms with van der Waals surface area (Å²) in [5.74, 6) is -0.442. The fourth-order valence-electron chi connectivity index (χ4n) is 3.04. The SMILES string of the molecule is O=C1SC(=Cc2ccc(Sc3ccc(Cl)cc3)c([N+](=O)[O-])c2)C(=O)N1Cc1ccc(Cl)cc1. The van der Waals surface area contributed by atoms with Crippen LogP contribution in [-0.4, -0.2) is 21.0 Å². The van der Waals surface area contributed by atoms with Gasteiger partial charge in [0.05, 0.1) is 21.3 Å². The van der Waals surface area contributed by atoms with Crippen molar-refractivity contribution >= 4 is 69.6 Å². The summed E-state index contributed by atoms with van der Waals surface area (Å²) in [5.41, 5.74) is 1.13. The monoisotopic (exact) mass is 516 g/mol. The largest absolute Gasteiger partial charge is 0.293 e. The average Bonchev–Trinajstić information content (AvgIpc) is 3.05. The number of hydrogen-bond acceptors (Lipinski definition) is 6. The van der Waals surface area contributed by atoms with Crippen LogP contribution >= 0.6 is 46.7 Å². The van der Waals surface area contributed by atoms with E-state index in [1.165, 1.54) is 23.9 Å². The van der Waals surface area contributed by atoms with Crippen LogP contribution in [0.1, 0.15) is 11.1 Å². The second kappa shape index (κ2) is 10.0. The molecule has 0 unspecified atom stereocenters. The maximum absolute atomic E-state index is 12.8. The molecule has 0 aliphatic carbocycles. The van der Waals surface area contributed by atoms with Crippen LogP contribution in [-0.2, 0) is 11.3 Å². The van der Waals surface area contributed by atoms with Gasteiger partial charge in [0.25, 0.3) is 16.8 Å². The Morgan fingerprint density at radius 1 is 0.970 bits per heavy atom. The minimum absolute atomic E-state index is 0.0934. The van der Waals surface area contributed by atoms with Crippen LogP contribution in [0, 0.1) is 10.1 Å². The van der Waals surface area contributed by atoms with E-state index in [1.807, 2.05) is 0 Å². The van der Waals surface area contributed by atoms with Gasteiger partial charge in [-0.1, -0.05) is 53.2 Å². The van der Waals surface area contributed by atoms with Crippen LogP contribution in [0.2, 0.25) is 10.0 Å². The summed E-state index contributed by atoms with van der Waals surface area (Å²) in [7, 11) is 0. The summed E-state index contributed by atoms with van der Waals surface area (Å²) in [6, 6.07) is 18.6. The van der Waals surface area contributed by atoms with Gasteiger partial charge in [0, 0.05) is 21.0 Å². The Morgan fingerprint density at radius 3 is 2.24 bits per heavy atom. The summed E-state index contributed by atoms with van der Waals surface area (Å²) < 4.78 is 0. The van der Waals surface area contributed by atoms with E-state index in [2.05, 4.69) is 0 Å². The number of imide groups is 1. The lowest BCUT2D eigenvalue weighted by Crippen LogP contribution is -2.27. The normalized spacial score (nSPS) is 14.8. The van der Waals surface area contributed by atoms with Gasteiger partial charge < -0.3 is 0 Å². The Hall–Kier alpha value is -2.78. The van der Waals surface area contributed by atoms with Crippen molar-refractivity contribution < 1.29 is 14.5 Å². The first kappa shape index (κ1) is 23.4. The van der Waals surface area contributed by atoms with Gasteiger partial charge >= 0.3 is 0 Å². The summed E-state index contributed by atoms with van der Waals surface area (Å²) in [6.45, 7) is 0.121. The van der Waals surface area contributed by atoms with Gasteiger partial charge in [-0.05, 0) is 71.4 Å². The van der Waals surface area contributed by atoms with Crippen molar-refractivity contribution in [2.75, 3.05) is 0 Å². The molecular weight excluding hydrogens is 503 g/mol. The average molecular weight is 517 g/mol. The highest BCUT2D eigenvalue weighted by molar-refractivity contribution is 8.18. The van der Waals surface area contributed by atoms with Crippen LogP contribution in [0.25, 0.3) is 6.08 Å². The molecule has 0 saturated carbocycles. The third kappa shape index (κ3) is 5.59. The van der Waals surface area contributed by atoms with E-state index in [0.29, 0.717) is 20.5 Å². The van der Waals surface area contributed by atoms with Crippen LogP contribution < -0.4 is 0 Å². The maximum Gasteiger partial charge on any atom is 0.293 e. The van der Waals surface area contributed by atoms with Gasteiger partial charge in [-0.15, -0.1) is 0 Å². The fraction of sp³-hybridized carbons (Fsp3) is 0.0435. The molecule has 0 bridgehead atoms. The van der Waals surface area contributed by atoms with Gasteiger partial charge in [0.2, 0.25) is 0 Å². The molecule has 166 valence electrons. The fourth-order valence-corrected chi connectivity index (χ4v) is 5.03. The number of carbonyl (C=O) groups is 2. The van der Waals surface area contributed by atoms with Crippen molar-refractivity contribution in [1.82, 2.24) is 4.90 Å². The zero-order valence-corrected chi connectivity index (χ0v) is 19.9. The van der Waals surface area contributed by atoms with Crippen molar-refractivity contribution in [3.8, 4) is 0 Å². The summed E-state index contributed by atoms with van der Waals surface area (Å²) >= 11 is 13.8. The first-order chi connectivity index (χ1) is 15.8. The van der Waals surface area contributed by atoms with E-state index in [9.17, 15) is 19.7 Å². The number of nitrogens with zero attached hydrogens (tertiary/aromatic N) is 2. The molecule has 0 spiro atoms. The van der Waals surface area contributed by atoms with E-state index in [0.717, 1.165) is 27.1 Å². The van der Waals surface area contributed by atoms with E-state index in [-0.39, 0.29) is 17.1 Å². The second-order valence-corrected chi connectivity index (χ2v) is 9.92. The van der Waals surface area contributed by atoms with E-state index >= 15 is 0 Å². The lowest BCUT2D eigenvalue weighted by Gasteiger charge is -2.12. The van der Waals surface area contributed by atoms with Crippen molar-refractivity contribution in [3.05, 3.63) is 103 Å². The highest BCUT2D eigenvalue weighted by atomic mass is 35.5. The summed E-state index contributed by atoms with van der Waals surface area (Å²) in [6.07, 6.45) is 1.50. The molecule has 0 radical (unpaired) electrons. The second-order valence-electron chi connectivity index (χ2n) is 6.93. The van der Waals surface area contributed by atoms with Gasteiger partial charge in [0.1, 0.15) is 0 Å². The molecular formula is C23H14Cl2N2O4S2. The number of rotatable bonds is 6. The quantitative estimate of drug-likeness (QED) is 0.194. The van der Waals surface area contributed by atoms with Crippen LogP contribution in [0.3, 0.4) is 0 Å². The number of amides is 2. The Bertz CT molecular complexity index is 1280. The molecule has 0 atom stereocenters. The number of carbonyl (C=O) groups excluding carboxylic acids is 2. The van der Waals surface area contributed by atoms with Crippen LogP contribution in [0.4, 0.5) is 10.5 Å². The van der Waals surface area contributed by atoms with Crippen LogP contribution in [0.15, 0.2) is 81.4 Å². The van der Waals surface area contributed by atoms with Gasteiger partial charge in [0.15, 0.2) is 0 Å². The van der Waals surface area contributed by atoms with E-state index < -0.39 is 16.1 Å². The molecule has 1 aliphatic rings. The molecule has 3 aromatic rings. The molecule has 10 heteroatoms.